The standard InChI is InChI=1S/C18H18N2O4S3/c1-24-11-3-4-13-12(8-11)10(9-19-13)7-15-16(21)20(18(25)27-15)14(17(22)23)5-6-26-2/h3-4,7-9,14,21H,5-6H2,1-2H3,(H,22,23)/t14-/m0/s1. The van der Waals surface area contributed by atoms with Crippen molar-refractivity contribution in [3.8, 4) is 11.6 Å². The van der Waals surface area contributed by atoms with Crippen molar-refractivity contribution in [3.05, 3.63) is 32.6 Å². The van der Waals surface area contributed by atoms with Crippen molar-refractivity contribution in [2.24, 2.45) is 4.99 Å². The number of aliphatic carboxylic acids is 1. The van der Waals surface area contributed by atoms with Crippen molar-refractivity contribution in [1.82, 2.24) is 4.57 Å². The van der Waals surface area contributed by atoms with E-state index in [4.69, 9.17) is 17.0 Å². The number of carbonyl (C=O) groups is 1. The summed E-state index contributed by atoms with van der Waals surface area (Å²) in [6.45, 7) is 0. The van der Waals surface area contributed by atoms with Crippen LogP contribution in [0.3, 0.4) is 0 Å². The van der Waals surface area contributed by atoms with E-state index in [1.54, 1.807) is 31.2 Å². The Kier molecular flexibility index (Phi) is 6.03. The van der Waals surface area contributed by atoms with E-state index in [2.05, 4.69) is 4.99 Å². The Morgan fingerprint density at radius 2 is 2.30 bits per heavy atom. The lowest BCUT2D eigenvalue weighted by Gasteiger charge is -2.14. The zero-order chi connectivity index (χ0) is 19.6. The summed E-state index contributed by atoms with van der Waals surface area (Å²) in [5.74, 6) is 0.230. The van der Waals surface area contributed by atoms with Gasteiger partial charge in [-0.25, -0.2) is 4.79 Å². The van der Waals surface area contributed by atoms with Gasteiger partial charge < -0.3 is 14.9 Å². The van der Waals surface area contributed by atoms with Crippen LogP contribution >= 0.6 is 35.3 Å². The van der Waals surface area contributed by atoms with Crippen molar-refractivity contribution in [3.63, 3.8) is 0 Å². The van der Waals surface area contributed by atoms with Crippen LogP contribution in [0.1, 0.15) is 22.9 Å². The number of methoxy groups -OCH3 is 1. The molecule has 0 bridgehead atoms. The molecular weight excluding hydrogens is 404 g/mol. The fourth-order valence-electron chi connectivity index (χ4n) is 2.81. The van der Waals surface area contributed by atoms with Gasteiger partial charge in [0.1, 0.15) is 11.8 Å². The summed E-state index contributed by atoms with van der Waals surface area (Å²) < 4.78 is 6.91. The maximum absolute atomic E-state index is 11.7. The second-order valence-corrected chi connectivity index (χ2v) is 8.46. The number of rotatable bonds is 7. The minimum Gasteiger partial charge on any atom is -0.497 e. The molecule has 0 spiro atoms. The number of thioether (sulfide) groups is 1. The number of thiazole rings is 1. The van der Waals surface area contributed by atoms with Crippen molar-refractivity contribution < 1.29 is 19.7 Å². The summed E-state index contributed by atoms with van der Waals surface area (Å²) in [5, 5.41) is 20.2. The molecule has 2 heterocycles. The smallest absolute Gasteiger partial charge is 0.326 e. The molecular formula is C18H18N2O4S3. The van der Waals surface area contributed by atoms with E-state index in [1.165, 1.54) is 15.9 Å². The lowest BCUT2D eigenvalue weighted by Crippen LogP contribution is -2.19. The van der Waals surface area contributed by atoms with Gasteiger partial charge in [0.25, 0.3) is 0 Å². The number of fused-ring (bicyclic) bond motifs is 1. The zero-order valence-electron chi connectivity index (χ0n) is 14.7. The van der Waals surface area contributed by atoms with Crippen molar-refractivity contribution in [2.75, 3.05) is 19.1 Å². The highest BCUT2D eigenvalue weighted by molar-refractivity contribution is 7.98. The molecule has 1 aromatic heterocycles. The lowest BCUT2D eigenvalue weighted by molar-refractivity contribution is -0.141. The molecule has 0 saturated carbocycles. The number of aliphatic imine (C=N–C) groups is 1. The van der Waals surface area contributed by atoms with Crippen LogP contribution in [-0.2, 0) is 4.79 Å². The van der Waals surface area contributed by atoms with Crippen LogP contribution in [0.4, 0.5) is 5.69 Å². The van der Waals surface area contributed by atoms with Crippen molar-refractivity contribution in [2.45, 2.75) is 12.5 Å². The topological polar surface area (TPSA) is 84.0 Å². The molecule has 27 heavy (non-hydrogen) atoms. The number of hydrogen-bond acceptors (Lipinski definition) is 7. The molecule has 1 aliphatic heterocycles. The number of ether oxygens (including phenoxy) is 1. The van der Waals surface area contributed by atoms with Crippen LogP contribution in [0.2, 0.25) is 0 Å². The van der Waals surface area contributed by atoms with E-state index >= 15 is 0 Å². The predicted octanol–water partition coefficient (Wildman–Crippen LogP) is 4.63. The Morgan fingerprint density at radius 1 is 1.52 bits per heavy atom. The molecule has 0 unspecified atom stereocenters. The lowest BCUT2D eigenvalue weighted by atomic mass is 10.1. The molecule has 0 fully saturated rings. The molecule has 9 heteroatoms. The third kappa shape index (κ3) is 3.95. The van der Waals surface area contributed by atoms with E-state index in [0.29, 0.717) is 26.8 Å². The van der Waals surface area contributed by atoms with E-state index in [9.17, 15) is 15.0 Å². The van der Waals surface area contributed by atoms with Gasteiger partial charge in [-0.1, -0.05) is 0 Å². The van der Waals surface area contributed by atoms with Gasteiger partial charge in [-0.2, -0.15) is 11.8 Å². The predicted molar refractivity (Wildman–Crippen MR) is 113 cm³/mol. The Morgan fingerprint density at radius 3 is 2.96 bits per heavy atom. The molecule has 3 rings (SSSR count). The van der Waals surface area contributed by atoms with Crippen molar-refractivity contribution >= 4 is 64.8 Å². The minimum absolute atomic E-state index is 0.129. The summed E-state index contributed by atoms with van der Waals surface area (Å²) in [7, 11) is 1.60. The molecule has 0 saturated heterocycles. The highest BCUT2D eigenvalue weighted by atomic mass is 32.2. The first-order valence-electron chi connectivity index (χ1n) is 8.06. The summed E-state index contributed by atoms with van der Waals surface area (Å²) in [6.07, 6.45) is 5.77. The number of aromatic hydroxyl groups is 1. The van der Waals surface area contributed by atoms with Crippen LogP contribution < -0.4 is 4.74 Å². The molecule has 2 aromatic rings. The molecule has 0 amide bonds. The number of carboxylic acids is 1. The molecule has 0 radical (unpaired) electrons. The first kappa shape index (κ1) is 19.7. The van der Waals surface area contributed by atoms with E-state index in [0.717, 1.165) is 16.8 Å². The SMILES string of the molecule is COc1ccc2c(c1)C(=Cc1sc(=S)n([C@@H](CCSC)C(=O)O)c1O)C=N2. The van der Waals surface area contributed by atoms with E-state index < -0.39 is 12.0 Å². The number of hydrogen-bond donors (Lipinski definition) is 2. The van der Waals surface area contributed by atoms with Gasteiger partial charge in [0.15, 0.2) is 3.95 Å². The van der Waals surface area contributed by atoms with Gasteiger partial charge in [-0.15, -0.1) is 11.3 Å². The van der Waals surface area contributed by atoms with E-state index in [1.807, 2.05) is 24.5 Å². The fourth-order valence-corrected chi connectivity index (χ4v) is 4.62. The largest absolute Gasteiger partial charge is 0.497 e. The van der Waals surface area contributed by atoms with Crippen LogP contribution in [0.25, 0.3) is 11.6 Å². The average Bonchev–Trinajstić information content (AvgIpc) is 3.17. The number of benzene rings is 1. The number of aromatic nitrogens is 1. The molecule has 0 aliphatic carbocycles. The summed E-state index contributed by atoms with van der Waals surface area (Å²) in [6, 6.07) is 4.68. The first-order chi connectivity index (χ1) is 13.0. The Bertz CT molecular complexity index is 991. The van der Waals surface area contributed by atoms with Crippen LogP contribution in [0.5, 0.6) is 11.6 Å². The Balaban J connectivity index is 2.02. The monoisotopic (exact) mass is 422 g/mol. The molecule has 1 atom stereocenters. The molecule has 142 valence electrons. The van der Waals surface area contributed by atoms with Crippen LogP contribution in [-0.4, -0.2) is 46.1 Å². The second kappa shape index (κ2) is 8.28. The Hall–Kier alpha value is -2.10. The van der Waals surface area contributed by atoms with E-state index in [-0.39, 0.29) is 5.88 Å². The van der Waals surface area contributed by atoms with Gasteiger partial charge in [0.2, 0.25) is 5.88 Å². The quantitative estimate of drug-likeness (QED) is 0.633. The summed E-state index contributed by atoms with van der Waals surface area (Å²) in [4.78, 5) is 16.5. The maximum Gasteiger partial charge on any atom is 0.326 e. The molecule has 1 aliphatic rings. The number of allylic oxidation sites excluding steroid dienone is 1. The molecule has 6 nitrogen and oxygen atoms in total. The average molecular weight is 423 g/mol. The Labute approximate surface area is 169 Å². The third-order valence-corrected chi connectivity index (χ3v) is 6.16. The second-order valence-electron chi connectivity index (χ2n) is 5.80. The van der Waals surface area contributed by atoms with Crippen LogP contribution in [0.15, 0.2) is 23.2 Å². The fraction of sp³-hybridized carbons (Fsp3) is 0.278. The van der Waals surface area contributed by atoms with Gasteiger partial charge >= 0.3 is 5.97 Å². The summed E-state index contributed by atoms with van der Waals surface area (Å²) >= 11 is 8.07. The van der Waals surface area contributed by atoms with Crippen molar-refractivity contribution in [1.29, 1.82) is 0 Å². The highest BCUT2D eigenvalue weighted by Gasteiger charge is 2.25. The molecule has 2 N–H and O–H groups in total. The van der Waals surface area contributed by atoms with Crippen LogP contribution in [0, 0.1) is 3.95 Å². The third-order valence-electron chi connectivity index (χ3n) is 4.18. The number of nitrogens with zero attached hydrogens (tertiary/aromatic N) is 2. The zero-order valence-corrected chi connectivity index (χ0v) is 17.2. The molecule has 1 aromatic carbocycles. The maximum atomic E-state index is 11.7. The summed E-state index contributed by atoms with van der Waals surface area (Å²) in [5.41, 5.74) is 2.50. The van der Waals surface area contributed by atoms with Gasteiger partial charge in [-0.3, -0.25) is 9.56 Å². The van der Waals surface area contributed by atoms with Gasteiger partial charge in [0, 0.05) is 17.4 Å². The van der Waals surface area contributed by atoms with Gasteiger partial charge in [-0.05, 0) is 54.9 Å². The normalized spacial score (nSPS) is 15.1. The van der Waals surface area contributed by atoms with Gasteiger partial charge in [0.05, 0.1) is 17.7 Å². The first-order valence-corrected chi connectivity index (χ1v) is 10.7. The highest BCUT2D eigenvalue weighted by Crippen LogP contribution is 2.39. The number of carboxylic acid groups (broad SMARTS) is 1. The minimum atomic E-state index is -1.01.